The molecular formula is C34H45NO9. The van der Waals surface area contributed by atoms with Crippen molar-refractivity contribution in [2.24, 2.45) is 17.8 Å². The molecule has 10 nitrogen and oxygen atoms in total. The maximum Gasteiger partial charge on any atom is 0.338 e. The van der Waals surface area contributed by atoms with E-state index in [1.165, 1.54) is 0 Å². The van der Waals surface area contributed by atoms with Gasteiger partial charge in [-0.25, -0.2) is 9.78 Å². The van der Waals surface area contributed by atoms with E-state index in [1.54, 1.807) is 20.3 Å². The van der Waals surface area contributed by atoms with E-state index in [0.717, 1.165) is 16.8 Å². The van der Waals surface area contributed by atoms with Gasteiger partial charge in [-0.05, 0) is 49.8 Å². The first-order chi connectivity index (χ1) is 21.0. The zero-order valence-corrected chi connectivity index (χ0v) is 26.4. The second-order valence-electron chi connectivity index (χ2n) is 12.7. The average molecular weight is 612 g/mol. The predicted octanol–water partition coefficient (Wildman–Crippen LogP) is 4.66. The van der Waals surface area contributed by atoms with E-state index in [4.69, 9.17) is 28.1 Å². The number of aliphatic hydroxyl groups is 1. The molecule has 0 amide bonds. The first-order valence-electron chi connectivity index (χ1n) is 15.6. The molecule has 1 aromatic rings. The van der Waals surface area contributed by atoms with Crippen LogP contribution in [0.4, 0.5) is 0 Å². The van der Waals surface area contributed by atoms with Crippen molar-refractivity contribution in [3.8, 4) is 0 Å². The molecule has 5 heterocycles. The number of ether oxygens (including phenoxy) is 5. The van der Waals surface area contributed by atoms with Crippen molar-refractivity contribution in [3.63, 3.8) is 0 Å². The number of aryl methyl sites for hydroxylation is 1. The third-order valence-electron chi connectivity index (χ3n) is 9.05. The summed E-state index contributed by atoms with van der Waals surface area (Å²) in [6.45, 7) is 9.73. The summed E-state index contributed by atoms with van der Waals surface area (Å²) < 4.78 is 34.4. The van der Waals surface area contributed by atoms with Gasteiger partial charge in [-0.15, -0.1) is 0 Å². The molecule has 1 aromatic heterocycles. The quantitative estimate of drug-likeness (QED) is 0.201. The number of nitrogens with zero attached hydrogens (tertiary/aromatic N) is 1. The first-order valence-corrected chi connectivity index (χ1v) is 15.6. The number of cyclic esters (lactones) is 1. The number of carbonyl (C=O) groups excluding carboxylic acids is 2. The minimum absolute atomic E-state index is 0.00219. The van der Waals surface area contributed by atoms with Crippen LogP contribution < -0.4 is 0 Å². The minimum atomic E-state index is -0.851. The van der Waals surface area contributed by atoms with Gasteiger partial charge >= 0.3 is 11.9 Å². The number of fused-ring (bicyclic) bond motifs is 4. The van der Waals surface area contributed by atoms with Crippen molar-refractivity contribution >= 4 is 18.0 Å². The van der Waals surface area contributed by atoms with Gasteiger partial charge in [-0.1, -0.05) is 44.2 Å². The molecule has 0 aliphatic carbocycles. The van der Waals surface area contributed by atoms with Gasteiger partial charge in [0.1, 0.15) is 36.4 Å². The van der Waals surface area contributed by atoms with Crippen molar-refractivity contribution in [3.05, 3.63) is 59.4 Å². The molecule has 4 aliphatic heterocycles. The van der Waals surface area contributed by atoms with Crippen LogP contribution in [0.5, 0.6) is 0 Å². The lowest BCUT2D eigenvalue weighted by Gasteiger charge is -2.32. The highest BCUT2D eigenvalue weighted by Crippen LogP contribution is 2.39. The molecule has 44 heavy (non-hydrogen) atoms. The molecule has 4 aliphatic rings. The number of oxazole rings is 1. The maximum absolute atomic E-state index is 13.3. The molecule has 3 saturated heterocycles. The second kappa shape index (κ2) is 13.9. The fraction of sp³-hybridized carbons (Fsp3) is 0.618. The van der Waals surface area contributed by atoms with Gasteiger partial charge in [0.2, 0.25) is 0 Å². The molecule has 3 fully saturated rings. The third kappa shape index (κ3) is 8.15. The summed E-state index contributed by atoms with van der Waals surface area (Å²) in [6.07, 6.45) is 11.4. The molecule has 11 atom stereocenters. The van der Waals surface area contributed by atoms with Crippen LogP contribution in [0.25, 0.3) is 6.08 Å². The summed E-state index contributed by atoms with van der Waals surface area (Å²) in [7, 11) is 1.63. The SMILES string of the molecule is CO[C@@H](/C(C)=C/C=C/C(C)=C/c1coc(C)n1)[C@@H](C)[C@@H]1C[C@H](O)[C@H]2O[C@@H]2/C=C/[C@@H](C)[C@H]2C[C@H](CC(=O)O2)C[C@@H]2O[C@H]2C(=O)O1. The van der Waals surface area contributed by atoms with Crippen LogP contribution in [-0.4, -0.2) is 78.0 Å². The summed E-state index contributed by atoms with van der Waals surface area (Å²) >= 11 is 0. The number of carbonyl (C=O) groups is 2. The van der Waals surface area contributed by atoms with Crippen LogP contribution in [0, 0.1) is 24.7 Å². The molecule has 0 spiro atoms. The Morgan fingerprint density at radius 3 is 2.61 bits per heavy atom. The van der Waals surface area contributed by atoms with Gasteiger partial charge in [0.15, 0.2) is 12.0 Å². The van der Waals surface area contributed by atoms with E-state index in [2.05, 4.69) is 4.98 Å². The molecule has 0 saturated carbocycles. The number of aromatic nitrogens is 1. The maximum atomic E-state index is 13.3. The van der Waals surface area contributed by atoms with E-state index < -0.39 is 30.4 Å². The standard InChI is InChI=1S/C34H45NO9/c1-18(12-24-17-40-22(5)35-24)8-7-9-20(3)31(39-6)21(4)28-16-25(36)32-26(42-32)11-10-19(2)27-13-23(15-30(37)41-27)14-29-33(43-29)34(38)44-28/h7-12,17,19,21,23,25-29,31-33,36H,13-16H2,1-6H3/b8-7+,11-10+,18-12+,20-9+/t19-,21+,23+,25+,26-,27-,28+,29+,31+,32-,33-/m1/s1. The summed E-state index contributed by atoms with van der Waals surface area (Å²) in [5, 5.41) is 11.1. The van der Waals surface area contributed by atoms with Crippen molar-refractivity contribution in [1.29, 1.82) is 0 Å². The van der Waals surface area contributed by atoms with Crippen molar-refractivity contribution in [2.75, 3.05) is 7.11 Å². The number of rotatable bonds is 7. The van der Waals surface area contributed by atoms with Gasteiger partial charge in [0, 0.05) is 38.7 Å². The van der Waals surface area contributed by atoms with Crippen molar-refractivity contribution in [1.82, 2.24) is 4.98 Å². The first kappa shape index (κ1) is 32.3. The lowest BCUT2D eigenvalue weighted by atomic mass is 9.85. The lowest BCUT2D eigenvalue weighted by Crippen LogP contribution is -2.39. The predicted molar refractivity (Wildman–Crippen MR) is 161 cm³/mol. The number of aliphatic hydroxyl groups excluding tert-OH is 1. The summed E-state index contributed by atoms with van der Waals surface area (Å²) in [6, 6.07) is 0. The van der Waals surface area contributed by atoms with Crippen molar-refractivity contribution in [2.45, 2.75) is 109 Å². The topological polar surface area (TPSA) is 133 Å². The van der Waals surface area contributed by atoms with E-state index in [-0.39, 0.29) is 54.6 Å². The van der Waals surface area contributed by atoms with E-state index in [9.17, 15) is 14.7 Å². The normalized spacial score (nSPS) is 36.9. The molecule has 1 N–H and O–H groups in total. The lowest BCUT2D eigenvalue weighted by molar-refractivity contribution is -0.159. The van der Waals surface area contributed by atoms with Crippen LogP contribution in [0.3, 0.4) is 0 Å². The Kier molecular flexibility index (Phi) is 10.2. The van der Waals surface area contributed by atoms with Gasteiger partial charge < -0.3 is 33.2 Å². The fourth-order valence-electron chi connectivity index (χ4n) is 6.42. The third-order valence-corrected chi connectivity index (χ3v) is 9.05. The molecule has 5 rings (SSSR count). The Labute approximate surface area is 259 Å². The van der Waals surface area contributed by atoms with Gasteiger partial charge in [0.25, 0.3) is 0 Å². The van der Waals surface area contributed by atoms with E-state index >= 15 is 0 Å². The minimum Gasteiger partial charge on any atom is -0.462 e. The zero-order valence-electron chi connectivity index (χ0n) is 26.4. The van der Waals surface area contributed by atoms with E-state index in [1.807, 2.05) is 64.2 Å². The summed E-state index contributed by atoms with van der Waals surface area (Å²) in [5.41, 5.74) is 2.70. The Morgan fingerprint density at radius 1 is 1.11 bits per heavy atom. The Morgan fingerprint density at radius 2 is 1.89 bits per heavy atom. The Balaban J connectivity index is 1.30. The molecular weight excluding hydrogens is 566 g/mol. The molecule has 0 unspecified atom stereocenters. The number of allylic oxidation sites excluding steroid dienone is 4. The van der Waals surface area contributed by atoms with Crippen LogP contribution in [0.15, 0.2) is 52.2 Å². The smallest absolute Gasteiger partial charge is 0.338 e. The van der Waals surface area contributed by atoms with Crippen LogP contribution in [-0.2, 0) is 33.3 Å². The number of hydrogen-bond donors (Lipinski definition) is 1. The monoisotopic (exact) mass is 611 g/mol. The molecule has 0 aromatic carbocycles. The number of hydrogen-bond acceptors (Lipinski definition) is 10. The van der Waals surface area contributed by atoms with E-state index in [0.29, 0.717) is 25.2 Å². The largest absolute Gasteiger partial charge is 0.462 e. The van der Waals surface area contributed by atoms with Crippen LogP contribution >= 0.6 is 0 Å². The summed E-state index contributed by atoms with van der Waals surface area (Å²) in [4.78, 5) is 29.9. The number of methoxy groups -OCH3 is 1. The van der Waals surface area contributed by atoms with Crippen molar-refractivity contribution < 1.29 is 42.8 Å². The molecule has 0 radical (unpaired) electrons. The van der Waals surface area contributed by atoms with Crippen LogP contribution in [0.2, 0.25) is 0 Å². The highest BCUT2D eigenvalue weighted by atomic mass is 16.6. The number of esters is 2. The molecule has 2 bridgehead atoms. The Bertz CT molecular complexity index is 1310. The Hall–Kier alpha value is -3.05. The van der Waals surface area contributed by atoms with Gasteiger partial charge in [-0.2, -0.15) is 0 Å². The highest BCUT2D eigenvalue weighted by molar-refractivity contribution is 5.78. The molecule has 240 valence electrons. The fourth-order valence-corrected chi connectivity index (χ4v) is 6.42. The molecule has 10 heteroatoms. The highest BCUT2D eigenvalue weighted by Gasteiger charge is 2.51. The average Bonchev–Trinajstić information content (AvgIpc) is 3.88. The van der Waals surface area contributed by atoms with Gasteiger partial charge in [-0.3, -0.25) is 4.79 Å². The van der Waals surface area contributed by atoms with Crippen LogP contribution in [0.1, 0.15) is 65.0 Å². The van der Waals surface area contributed by atoms with Gasteiger partial charge in [0.05, 0.1) is 18.3 Å². The second-order valence-corrected chi connectivity index (χ2v) is 12.7. The number of epoxide rings is 2. The zero-order chi connectivity index (χ0) is 31.5. The summed E-state index contributed by atoms with van der Waals surface area (Å²) in [5.74, 6) is -0.271.